The van der Waals surface area contributed by atoms with Crippen LogP contribution in [0.15, 0.2) is 30.3 Å². The van der Waals surface area contributed by atoms with Gasteiger partial charge in [-0.1, -0.05) is 44.2 Å². The first kappa shape index (κ1) is 12.2. The molecule has 0 aliphatic rings. The average molecular weight is 207 g/mol. The molecule has 0 bridgehead atoms. The van der Waals surface area contributed by atoms with Crippen molar-refractivity contribution in [3.63, 3.8) is 0 Å². The Morgan fingerprint density at radius 2 is 1.87 bits per heavy atom. The largest absolute Gasteiger partial charge is 0.393 e. The molecule has 2 heteroatoms. The third-order valence-corrected chi connectivity index (χ3v) is 2.88. The number of benzene rings is 1. The molecular weight excluding hydrogens is 186 g/mol. The van der Waals surface area contributed by atoms with Crippen molar-refractivity contribution < 1.29 is 5.11 Å². The van der Waals surface area contributed by atoms with Gasteiger partial charge in [-0.15, -0.1) is 0 Å². The second-order valence-corrected chi connectivity index (χ2v) is 4.75. The smallest absolute Gasteiger partial charge is 0.0575 e. The Kier molecular flexibility index (Phi) is 4.30. The number of rotatable bonds is 5. The van der Waals surface area contributed by atoms with Crippen LogP contribution in [-0.4, -0.2) is 17.8 Å². The second-order valence-electron chi connectivity index (χ2n) is 4.75. The first-order chi connectivity index (χ1) is 7.02. The van der Waals surface area contributed by atoms with E-state index in [4.69, 9.17) is 0 Å². The molecule has 0 aliphatic heterocycles. The van der Waals surface area contributed by atoms with Crippen LogP contribution in [0.3, 0.4) is 0 Å². The maximum Gasteiger partial charge on any atom is 0.0575 e. The number of hydrogen-bond donors (Lipinski definition) is 2. The molecule has 1 aromatic rings. The summed E-state index contributed by atoms with van der Waals surface area (Å²) in [5, 5.41) is 12.9. The Morgan fingerprint density at radius 3 is 2.40 bits per heavy atom. The quantitative estimate of drug-likeness (QED) is 0.775. The molecule has 0 aromatic heterocycles. The van der Waals surface area contributed by atoms with E-state index in [0.717, 1.165) is 13.1 Å². The Hall–Kier alpha value is -0.860. The van der Waals surface area contributed by atoms with Crippen molar-refractivity contribution in [2.45, 2.75) is 33.4 Å². The Morgan fingerprint density at radius 1 is 1.27 bits per heavy atom. The van der Waals surface area contributed by atoms with Crippen molar-refractivity contribution in [1.82, 2.24) is 5.32 Å². The molecule has 0 saturated carbocycles. The van der Waals surface area contributed by atoms with E-state index in [2.05, 4.69) is 31.3 Å². The zero-order valence-electron chi connectivity index (χ0n) is 9.83. The topological polar surface area (TPSA) is 32.3 Å². The highest BCUT2D eigenvalue weighted by Gasteiger charge is 2.23. The van der Waals surface area contributed by atoms with Crippen LogP contribution in [0.2, 0.25) is 0 Å². The summed E-state index contributed by atoms with van der Waals surface area (Å²) in [4.78, 5) is 0. The van der Waals surface area contributed by atoms with Gasteiger partial charge in [-0.2, -0.15) is 0 Å². The lowest BCUT2D eigenvalue weighted by Gasteiger charge is -2.28. The van der Waals surface area contributed by atoms with Crippen LogP contribution < -0.4 is 5.32 Å². The van der Waals surface area contributed by atoms with E-state index in [1.165, 1.54) is 5.56 Å². The fourth-order valence-corrected chi connectivity index (χ4v) is 1.27. The third kappa shape index (κ3) is 4.02. The van der Waals surface area contributed by atoms with E-state index >= 15 is 0 Å². The van der Waals surface area contributed by atoms with Crippen LogP contribution in [0, 0.1) is 5.41 Å². The van der Waals surface area contributed by atoms with Gasteiger partial charge in [0, 0.05) is 18.5 Å². The van der Waals surface area contributed by atoms with Gasteiger partial charge in [-0.3, -0.25) is 0 Å². The zero-order chi connectivity index (χ0) is 11.3. The Balaban J connectivity index is 2.34. The summed E-state index contributed by atoms with van der Waals surface area (Å²) in [6, 6.07) is 10.3. The van der Waals surface area contributed by atoms with Gasteiger partial charge in [-0.05, 0) is 12.5 Å². The lowest BCUT2D eigenvalue weighted by molar-refractivity contribution is 0.0658. The number of hydrogen-bond acceptors (Lipinski definition) is 2. The molecule has 0 fully saturated rings. The lowest BCUT2D eigenvalue weighted by Crippen LogP contribution is -2.37. The van der Waals surface area contributed by atoms with Crippen molar-refractivity contribution in [3.05, 3.63) is 35.9 Å². The summed E-state index contributed by atoms with van der Waals surface area (Å²) in [6.45, 7) is 7.64. The predicted molar refractivity (Wildman–Crippen MR) is 63.6 cm³/mol. The second kappa shape index (κ2) is 5.29. The highest BCUT2D eigenvalue weighted by atomic mass is 16.3. The molecule has 0 amide bonds. The molecule has 1 atom stereocenters. The predicted octanol–water partition coefficient (Wildman–Crippen LogP) is 2.18. The summed E-state index contributed by atoms with van der Waals surface area (Å²) in [5.74, 6) is 0. The normalized spacial score (nSPS) is 13.9. The van der Waals surface area contributed by atoms with Crippen molar-refractivity contribution in [2.75, 3.05) is 6.54 Å². The van der Waals surface area contributed by atoms with E-state index in [9.17, 15) is 5.11 Å². The maximum atomic E-state index is 9.54. The molecule has 2 N–H and O–H groups in total. The van der Waals surface area contributed by atoms with Gasteiger partial charge < -0.3 is 10.4 Å². The third-order valence-electron chi connectivity index (χ3n) is 2.88. The van der Waals surface area contributed by atoms with Crippen molar-refractivity contribution >= 4 is 0 Å². The SMILES string of the molecule is CC(O)C(C)(C)CNCc1ccccc1. The van der Waals surface area contributed by atoms with Crippen LogP contribution in [0.5, 0.6) is 0 Å². The summed E-state index contributed by atoms with van der Waals surface area (Å²) >= 11 is 0. The minimum absolute atomic E-state index is 0.0746. The highest BCUT2D eigenvalue weighted by molar-refractivity contribution is 5.14. The van der Waals surface area contributed by atoms with Gasteiger partial charge in [0.25, 0.3) is 0 Å². The summed E-state index contributed by atoms with van der Waals surface area (Å²) in [6.07, 6.45) is -0.291. The summed E-state index contributed by atoms with van der Waals surface area (Å²) in [7, 11) is 0. The summed E-state index contributed by atoms with van der Waals surface area (Å²) in [5.41, 5.74) is 1.20. The van der Waals surface area contributed by atoms with Gasteiger partial charge in [0.15, 0.2) is 0 Å². The minimum Gasteiger partial charge on any atom is -0.393 e. The van der Waals surface area contributed by atoms with E-state index in [1.54, 1.807) is 0 Å². The van der Waals surface area contributed by atoms with Crippen LogP contribution >= 0.6 is 0 Å². The lowest BCUT2D eigenvalue weighted by atomic mass is 9.87. The Labute approximate surface area is 92.3 Å². The van der Waals surface area contributed by atoms with E-state index in [0.29, 0.717) is 0 Å². The fourth-order valence-electron chi connectivity index (χ4n) is 1.27. The van der Waals surface area contributed by atoms with Gasteiger partial charge in [0.2, 0.25) is 0 Å². The van der Waals surface area contributed by atoms with E-state index in [-0.39, 0.29) is 11.5 Å². The molecule has 0 saturated heterocycles. The molecule has 1 aromatic carbocycles. The highest BCUT2D eigenvalue weighted by Crippen LogP contribution is 2.18. The van der Waals surface area contributed by atoms with E-state index < -0.39 is 0 Å². The van der Waals surface area contributed by atoms with Crippen LogP contribution in [0.4, 0.5) is 0 Å². The summed E-state index contributed by atoms with van der Waals surface area (Å²) < 4.78 is 0. The number of aliphatic hydroxyl groups is 1. The Bertz CT molecular complexity index is 280. The molecule has 2 nitrogen and oxygen atoms in total. The molecular formula is C13H21NO. The van der Waals surface area contributed by atoms with Crippen LogP contribution in [0.25, 0.3) is 0 Å². The van der Waals surface area contributed by atoms with Gasteiger partial charge >= 0.3 is 0 Å². The standard InChI is InChI=1S/C13H21NO/c1-11(15)13(2,3)10-14-9-12-7-5-4-6-8-12/h4-8,11,14-15H,9-10H2,1-3H3. The molecule has 84 valence electrons. The van der Waals surface area contributed by atoms with Crippen LogP contribution in [-0.2, 0) is 6.54 Å². The van der Waals surface area contributed by atoms with Crippen molar-refractivity contribution in [1.29, 1.82) is 0 Å². The number of aliphatic hydroxyl groups excluding tert-OH is 1. The first-order valence-corrected chi connectivity index (χ1v) is 5.45. The van der Waals surface area contributed by atoms with Gasteiger partial charge in [0.05, 0.1) is 6.10 Å². The van der Waals surface area contributed by atoms with E-state index in [1.807, 2.05) is 25.1 Å². The molecule has 0 aliphatic carbocycles. The zero-order valence-corrected chi connectivity index (χ0v) is 9.83. The van der Waals surface area contributed by atoms with Crippen molar-refractivity contribution in [2.24, 2.45) is 5.41 Å². The first-order valence-electron chi connectivity index (χ1n) is 5.45. The van der Waals surface area contributed by atoms with Crippen molar-refractivity contribution in [3.8, 4) is 0 Å². The minimum atomic E-state index is -0.291. The molecule has 0 heterocycles. The van der Waals surface area contributed by atoms with Gasteiger partial charge in [-0.25, -0.2) is 0 Å². The maximum absolute atomic E-state index is 9.54. The molecule has 0 spiro atoms. The molecule has 0 radical (unpaired) electrons. The average Bonchev–Trinajstić information content (AvgIpc) is 2.19. The molecule has 15 heavy (non-hydrogen) atoms. The van der Waals surface area contributed by atoms with Gasteiger partial charge in [0.1, 0.15) is 0 Å². The molecule has 1 unspecified atom stereocenters. The fraction of sp³-hybridized carbons (Fsp3) is 0.538. The number of nitrogens with one attached hydrogen (secondary N) is 1. The van der Waals surface area contributed by atoms with Crippen LogP contribution in [0.1, 0.15) is 26.3 Å². The molecule has 1 rings (SSSR count). The monoisotopic (exact) mass is 207 g/mol.